The van der Waals surface area contributed by atoms with Gasteiger partial charge in [0.1, 0.15) is 11.6 Å². The number of anilines is 1. The highest BCUT2D eigenvalue weighted by Gasteiger charge is 2.23. The minimum Gasteiger partial charge on any atom is -0.368 e. The summed E-state index contributed by atoms with van der Waals surface area (Å²) in [6.07, 6.45) is 4.50. The van der Waals surface area contributed by atoms with Crippen LogP contribution in [0, 0.1) is 21.4 Å². The molecule has 1 aromatic carbocycles. The van der Waals surface area contributed by atoms with Crippen LogP contribution in [-0.2, 0) is 0 Å². The molecule has 0 spiro atoms. The van der Waals surface area contributed by atoms with Crippen LogP contribution in [0.15, 0.2) is 18.2 Å². The Balaban J connectivity index is 2.37. The summed E-state index contributed by atoms with van der Waals surface area (Å²) in [4.78, 5) is 12.8. The van der Waals surface area contributed by atoms with E-state index in [9.17, 15) is 10.1 Å². The summed E-state index contributed by atoms with van der Waals surface area (Å²) in [6.45, 7) is 3.07. The Hall–Kier alpha value is -2.09. The van der Waals surface area contributed by atoms with E-state index >= 15 is 0 Å². The minimum absolute atomic E-state index is 0.0968. The van der Waals surface area contributed by atoms with Gasteiger partial charge in [0, 0.05) is 24.3 Å². The molecule has 1 atom stereocenters. The molecule has 1 saturated heterocycles. The average Bonchev–Trinajstić information content (AvgIpc) is 2.46. The van der Waals surface area contributed by atoms with E-state index < -0.39 is 4.92 Å². The SMILES string of the molecule is CCC1CCCCN1c1ccc(C#N)c([N+](=O)[O-])c1. The molecule has 1 aliphatic heterocycles. The monoisotopic (exact) mass is 259 g/mol. The molecule has 5 nitrogen and oxygen atoms in total. The first-order valence-electron chi connectivity index (χ1n) is 6.62. The number of nitrogens with zero attached hydrogens (tertiary/aromatic N) is 3. The Kier molecular flexibility index (Phi) is 4.00. The highest BCUT2D eigenvalue weighted by atomic mass is 16.6. The van der Waals surface area contributed by atoms with Gasteiger partial charge in [-0.2, -0.15) is 5.26 Å². The number of rotatable bonds is 3. The first-order valence-corrected chi connectivity index (χ1v) is 6.62. The van der Waals surface area contributed by atoms with Gasteiger partial charge in [-0.1, -0.05) is 6.92 Å². The lowest BCUT2D eigenvalue weighted by Gasteiger charge is -2.37. The summed E-state index contributed by atoms with van der Waals surface area (Å²) in [6, 6.07) is 7.22. The minimum atomic E-state index is -0.479. The third kappa shape index (κ3) is 2.68. The largest absolute Gasteiger partial charge is 0.368 e. The maximum absolute atomic E-state index is 11.0. The van der Waals surface area contributed by atoms with E-state index in [-0.39, 0.29) is 11.3 Å². The van der Waals surface area contributed by atoms with E-state index in [1.54, 1.807) is 6.07 Å². The molecule has 0 bridgehead atoms. The molecule has 0 N–H and O–H groups in total. The van der Waals surface area contributed by atoms with Crippen molar-refractivity contribution in [2.75, 3.05) is 11.4 Å². The molecule has 1 unspecified atom stereocenters. The summed E-state index contributed by atoms with van der Waals surface area (Å²) in [5.41, 5.74) is 0.886. The van der Waals surface area contributed by atoms with Gasteiger partial charge in [-0.25, -0.2) is 0 Å². The van der Waals surface area contributed by atoms with E-state index in [0.29, 0.717) is 6.04 Å². The zero-order chi connectivity index (χ0) is 13.8. The molecule has 0 aromatic heterocycles. The van der Waals surface area contributed by atoms with Crippen LogP contribution in [0.2, 0.25) is 0 Å². The van der Waals surface area contributed by atoms with Crippen LogP contribution in [0.5, 0.6) is 0 Å². The normalized spacial score (nSPS) is 18.9. The molecule has 0 aliphatic carbocycles. The van der Waals surface area contributed by atoms with Crippen LogP contribution in [0.1, 0.15) is 38.2 Å². The molecular formula is C14H17N3O2. The summed E-state index contributed by atoms with van der Waals surface area (Å²) in [5.74, 6) is 0. The predicted octanol–water partition coefficient (Wildman–Crippen LogP) is 3.24. The van der Waals surface area contributed by atoms with Crippen molar-refractivity contribution in [1.82, 2.24) is 0 Å². The molecule has 1 aromatic rings. The topological polar surface area (TPSA) is 70.2 Å². The zero-order valence-corrected chi connectivity index (χ0v) is 11.0. The van der Waals surface area contributed by atoms with Crippen LogP contribution in [0.3, 0.4) is 0 Å². The van der Waals surface area contributed by atoms with Crippen molar-refractivity contribution in [2.24, 2.45) is 0 Å². The molecule has 19 heavy (non-hydrogen) atoms. The number of hydrogen-bond acceptors (Lipinski definition) is 4. The lowest BCUT2D eigenvalue weighted by Crippen LogP contribution is -2.39. The maximum Gasteiger partial charge on any atom is 0.289 e. The summed E-state index contributed by atoms with van der Waals surface area (Å²) >= 11 is 0. The molecular weight excluding hydrogens is 242 g/mol. The van der Waals surface area contributed by atoms with Gasteiger partial charge in [0.05, 0.1) is 4.92 Å². The van der Waals surface area contributed by atoms with Crippen molar-refractivity contribution in [1.29, 1.82) is 5.26 Å². The summed E-state index contributed by atoms with van der Waals surface area (Å²) < 4.78 is 0. The Morgan fingerprint density at radius 2 is 2.32 bits per heavy atom. The number of piperidine rings is 1. The van der Waals surface area contributed by atoms with Crippen molar-refractivity contribution in [3.63, 3.8) is 0 Å². The number of nitro benzene ring substituents is 1. The quantitative estimate of drug-likeness (QED) is 0.617. The predicted molar refractivity (Wildman–Crippen MR) is 73.1 cm³/mol. The fraction of sp³-hybridized carbons (Fsp3) is 0.500. The van der Waals surface area contributed by atoms with Gasteiger partial charge in [0.25, 0.3) is 5.69 Å². The third-order valence-corrected chi connectivity index (χ3v) is 3.73. The van der Waals surface area contributed by atoms with Crippen LogP contribution < -0.4 is 4.90 Å². The van der Waals surface area contributed by atoms with Crippen molar-refractivity contribution in [2.45, 2.75) is 38.6 Å². The number of nitro groups is 1. The number of nitriles is 1. The summed E-state index contributed by atoms with van der Waals surface area (Å²) in [7, 11) is 0. The molecule has 1 aliphatic rings. The molecule has 0 amide bonds. The van der Waals surface area contributed by atoms with Crippen LogP contribution in [0.25, 0.3) is 0 Å². The van der Waals surface area contributed by atoms with Crippen molar-refractivity contribution < 1.29 is 4.92 Å². The highest BCUT2D eigenvalue weighted by molar-refractivity contribution is 5.60. The van der Waals surface area contributed by atoms with Gasteiger partial charge < -0.3 is 4.90 Å². The third-order valence-electron chi connectivity index (χ3n) is 3.73. The molecule has 5 heteroatoms. The van der Waals surface area contributed by atoms with Crippen molar-refractivity contribution in [3.8, 4) is 6.07 Å². The van der Waals surface area contributed by atoms with E-state index in [1.165, 1.54) is 12.5 Å². The highest BCUT2D eigenvalue weighted by Crippen LogP contribution is 2.30. The number of hydrogen-bond donors (Lipinski definition) is 0. The lowest BCUT2D eigenvalue weighted by molar-refractivity contribution is -0.385. The van der Waals surface area contributed by atoms with Crippen molar-refractivity contribution in [3.05, 3.63) is 33.9 Å². The first-order chi connectivity index (χ1) is 9.17. The van der Waals surface area contributed by atoms with E-state index in [1.807, 2.05) is 12.1 Å². The molecule has 1 heterocycles. The smallest absolute Gasteiger partial charge is 0.289 e. The standard InChI is InChI=1S/C14H17N3O2/c1-2-12-5-3-4-8-16(12)13-7-6-11(10-15)14(9-13)17(18)19/h6-7,9,12H,2-5,8H2,1H3. The fourth-order valence-electron chi connectivity index (χ4n) is 2.71. The zero-order valence-electron chi connectivity index (χ0n) is 11.0. The van der Waals surface area contributed by atoms with E-state index in [4.69, 9.17) is 5.26 Å². The van der Waals surface area contributed by atoms with Gasteiger partial charge >= 0.3 is 0 Å². The second kappa shape index (κ2) is 5.70. The molecule has 100 valence electrons. The molecule has 0 radical (unpaired) electrons. The molecule has 0 saturated carbocycles. The van der Waals surface area contributed by atoms with Gasteiger partial charge in [0.2, 0.25) is 0 Å². The van der Waals surface area contributed by atoms with Crippen LogP contribution >= 0.6 is 0 Å². The average molecular weight is 259 g/mol. The molecule has 1 fully saturated rings. The van der Waals surface area contributed by atoms with Gasteiger partial charge in [0.15, 0.2) is 0 Å². The van der Waals surface area contributed by atoms with Crippen LogP contribution in [0.4, 0.5) is 11.4 Å². The van der Waals surface area contributed by atoms with Crippen LogP contribution in [-0.4, -0.2) is 17.5 Å². The summed E-state index contributed by atoms with van der Waals surface area (Å²) in [5, 5.41) is 19.9. The van der Waals surface area contributed by atoms with Gasteiger partial charge in [-0.05, 0) is 37.8 Å². The maximum atomic E-state index is 11.0. The van der Waals surface area contributed by atoms with Gasteiger partial charge in [-0.3, -0.25) is 10.1 Å². The van der Waals surface area contributed by atoms with E-state index in [2.05, 4.69) is 11.8 Å². The van der Waals surface area contributed by atoms with Crippen molar-refractivity contribution >= 4 is 11.4 Å². The lowest BCUT2D eigenvalue weighted by atomic mass is 9.99. The Bertz CT molecular complexity index is 522. The first kappa shape index (κ1) is 13.3. The second-order valence-electron chi connectivity index (χ2n) is 4.82. The molecule has 2 rings (SSSR count). The Morgan fingerprint density at radius 3 is 2.95 bits per heavy atom. The Morgan fingerprint density at radius 1 is 1.53 bits per heavy atom. The van der Waals surface area contributed by atoms with Gasteiger partial charge in [-0.15, -0.1) is 0 Å². The fourth-order valence-corrected chi connectivity index (χ4v) is 2.71. The Labute approximate surface area is 112 Å². The second-order valence-corrected chi connectivity index (χ2v) is 4.82. The van der Waals surface area contributed by atoms with E-state index in [0.717, 1.165) is 31.5 Å². The number of benzene rings is 1.